The van der Waals surface area contributed by atoms with Crippen molar-refractivity contribution in [1.29, 1.82) is 0 Å². The Kier molecular flexibility index (Phi) is 3.81. The summed E-state index contributed by atoms with van der Waals surface area (Å²) < 4.78 is 0.329. The van der Waals surface area contributed by atoms with Crippen LogP contribution in [0.25, 0.3) is 0 Å². The van der Waals surface area contributed by atoms with Gasteiger partial charge in [0.15, 0.2) is 0 Å². The van der Waals surface area contributed by atoms with Gasteiger partial charge in [-0.05, 0) is 31.4 Å². The molecule has 0 aliphatic carbocycles. The maximum Gasteiger partial charge on any atom is 0.0533 e. The van der Waals surface area contributed by atoms with Crippen LogP contribution in [-0.2, 0) is 3.42 Å². The minimum absolute atomic E-state index is 0.329. The average Bonchev–Trinajstić information content (AvgIpc) is 2.52. The average molecular weight is 308 g/mol. The first-order chi connectivity index (χ1) is 5.97. The fraction of sp³-hybridized carbons (Fsp3) is 0.636. The van der Waals surface area contributed by atoms with Gasteiger partial charge in [-0.1, -0.05) is 43.4 Å². The highest BCUT2D eigenvalue weighted by Gasteiger charge is 2.22. The number of alkyl halides is 1. The molecule has 0 N–H and O–H groups in total. The molecular weight excluding hydrogens is 291 g/mol. The third-order valence-corrected chi connectivity index (χ3v) is 5.73. The molecule has 0 unspecified atom stereocenters. The van der Waals surface area contributed by atoms with Gasteiger partial charge in [-0.2, -0.15) is 0 Å². The molecule has 0 saturated heterocycles. The van der Waals surface area contributed by atoms with Crippen LogP contribution in [0.3, 0.4) is 0 Å². The number of hydrogen-bond donors (Lipinski definition) is 0. The predicted octanol–water partition coefficient (Wildman–Crippen LogP) is 4.93. The Labute approximate surface area is 98.9 Å². The molecule has 0 spiro atoms. The number of thiophene rings is 1. The lowest BCUT2D eigenvalue weighted by Gasteiger charge is -2.18. The van der Waals surface area contributed by atoms with E-state index in [9.17, 15) is 0 Å². The van der Waals surface area contributed by atoms with Crippen LogP contribution in [0.5, 0.6) is 0 Å². The molecule has 0 bridgehead atoms. The van der Waals surface area contributed by atoms with Gasteiger partial charge in [-0.15, -0.1) is 11.3 Å². The molecule has 0 amide bonds. The van der Waals surface area contributed by atoms with E-state index < -0.39 is 0 Å². The molecule has 13 heavy (non-hydrogen) atoms. The van der Waals surface area contributed by atoms with Crippen LogP contribution in [0.15, 0.2) is 12.1 Å². The molecule has 0 radical (unpaired) electrons. The van der Waals surface area contributed by atoms with Gasteiger partial charge in [-0.25, -0.2) is 0 Å². The summed E-state index contributed by atoms with van der Waals surface area (Å²) in [5.74, 6) is 0.669. The van der Waals surface area contributed by atoms with Gasteiger partial charge >= 0.3 is 0 Å². The van der Waals surface area contributed by atoms with E-state index in [1.54, 1.807) is 0 Å². The van der Waals surface area contributed by atoms with Crippen molar-refractivity contribution >= 4 is 33.9 Å². The van der Waals surface area contributed by atoms with Crippen molar-refractivity contribution in [2.75, 3.05) is 0 Å². The standard InChI is InChI=1S/C11H17IS/c1-5-11(4,12)10-7-6-9(13-10)8(2)3/h6-8H,5H2,1-4H3/t11-/m1/s1. The van der Waals surface area contributed by atoms with Crippen LogP contribution in [0, 0.1) is 0 Å². The minimum atomic E-state index is 0.329. The van der Waals surface area contributed by atoms with Crippen molar-refractivity contribution in [3.8, 4) is 0 Å². The normalized spacial score (nSPS) is 16.2. The Hall–Kier alpha value is 0.430. The maximum absolute atomic E-state index is 2.55. The van der Waals surface area contributed by atoms with Crippen LogP contribution < -0.4 is 0 Å². The molecule has 0 aliphatic heterocycles. The minimum Gasteiger partial charge on any atom is -0.144 e. The molecule has 0 fully saturated rings. The van der Waals surface area contributed by atoms with Gasteiger partial charge in [0.25, 0.3) is 0 Å². The summed E-state index contributed by atoms with van der Waals surface area (Å²) in [4.78, 5) is 3.02. The van der Waals surface area contributed by atoms with E-state index >= 15 is 0 Å². The van der Waals surface area contributed by atoms with E-state index in [1.165, 1.54) is 16.2 Å². The summed E-state index contributed by atoms with van der Waals surface area (Å²) in [6.07, 6.45) is 1.20. The van der Waals surface area contributed by atoms with E-state index in [0.29, 0.717) is 9.34 Å². The highest BCUT2D eigenvalue weighted by molar-refractivity contribution is 14.1. The fourth-order valence-electron chi connectivity index (χ4n) is 1.12. The molecule has 74 valence electrons. The molecule has 0 aliphatic rings. The molecule has 0 saturated carbocycles. The maximum atomic E-state index is 2.55. The second-order valence-electron chi connectivity index (χ2n) is 3.91. The van der Waals surface area contributed by atoms with Gasteiger partial charge < -0.3 is 0 Å². The van der Waals surface area contributed by atoms with E-state index in [4.69, 9.17) is 0 Å². The van der Waals surface area contributed by atoms with Gasteiger partial charge in [0, 0.05) is 9.75 Å². The van der Waals surface area contributed by atoms with Crippen molar-refractivity contribution in [2.45, 2.75) is 43.5 Å². The zero-order chi connectivity index (χ0) is 10.1. The smallest absolute Gasteiger partial charge is 0.0533 e. The summed E-state index contributed by atoms with van der Waals surface area (Å²) in [6, 6.07) is 4.56. The largest absolute Gasteiger partial charge is 0.144 e. The highest BCUT2D eigenvalue weighted by Crippen LogP contribution is 2.40. The SMILES string of the molecule is CC[C@@](C)(I)c1ccc(C(C)C)s1. The molecule has 1 atom stereocenters. The molecular formula is C11H17IS. The van der Waals surface area contributed by atoms with Crippen molar-refractivity contribution in [3.05, 3.63) is 21.9 Å². The van der Waals surface area contributed by atoms with E-state index in [2.05, 4.69) is 62.4 Å². The number of rotatable bonds is 3. The summed E-state index contributed by atoms with van der Waals surface area (Å²) in [7, 11) is 0. The first kappa shape index (κ1) is 11.5. The summed E-state index contributed by atoms with van der Waals surface area (Å²) >= 11 is 4.52. The number of halogens is 1. The van der Waals surface area contributed by atoms with Crippen molar-refractivity contribution in [2.24, 2.45) is 0 Å². The predicted molar refractivity (Wildman–Crippen MR) is 70.1 cm³/mol. The van der Waals surface area contributed by atoms with Crippen molar-refractivity contribution in [1.82, 2.24) is 0 Å². The first-order valence-corrected chi connectivity index (χ1v) is 6.66. The Morgan fingerprint density at radius 2 is 2.08 bits per heavy atom. The molecule has 0 nitrogen and oxygen atoms in total. The van der Waals surface area contributed by atoms with Gasteiger partial charge in [0.2, 0.25) is 0 Å². The van der Waals surface area contributed by atoms with Gasteiger partial charge in [-0.3, -0.25) is 0 Å². The lowest BCUT2D eigenvalue weighted by atomic mass is 10.1. The number of hydrogen-bond acceptors (Lipinski definition) is 1. The Morgan fingerprint density at radius 1 is 1.46 bits per heavy atom. The summed E-state index contributed by atoms with van der Waals surface area (Å²) in [6.45, 7) is 9.07. The lowest BCUT2D eigenvalue weighted by Crippen LogP contribution is -2.07. The molecule has 1 aromatic rings. The van der Waals surface area contributed by atoms with Crippen molar-refractivity contribution in [3.63, 3.8) is 0 Å². The first-order valence-electron chi connectivity index (χ1n) is 4.76. The van der Waals surface area contributed by atoms with Crippen LogP contribution in [0.4, 0.5) is 0 Å². The van der Waals surface area contributed by atoms with Crippen LogP contribution in [0.1, 0.15) is 49.8 Å². The lowest BCUT2D eigenvalue weighted by molar-refractivity contribution is 0.714. The Morgan fingerprint density at radius 3 is 2.46 bits per heavy atom. The second kappa shape index (κ2) is 4.30. The van der Waals surface area contributed by atoms with E-state index in [1.807, 2.05) is 11.3 Å². The van der Waals surface area contributed by atoms with Crippen molar-refractivity contribution < 1.29 is 0 Å². The third kappa shape index (κ3) is 2.69. The molecule has 0 aromatic carbocycles. The summed E-state index contributed by atoms with van der Waals surface area (Å²) in [5, 5.41) is 0. The van der Waals surface area contributed by atoms with Crippen LogP contribution in [-0.4, -0.2) is 0 Å². The monoisotopic (exact) mass is 308 g/mol. The highest BCUT2D eigenvalue weighted by atomic mass is 127. The molecule has 1 rings (SSSR count). The fourth-order valence-corrected chi connectivity index (χ4v) is 2.75. The Balaban J connectivity index is 2.91. The molecule has 2 heteroatoms. The Bertz CT molecular complexity index is 273. The zero-order valence-electron chi connectivity index (χ0n) is 8.73. The molecule has 1 heterocycles. The summed E-state index contributed by atoms with van der Waals surface area (Å²) in [5.41, 5.74) is 0. The quantitative estimate of drug-likeness (QED) is 0.548. The van der Waals surface area contributed by atoms with E-state index in [0.717, 1.165) is 0 Å². The van der Waals surface area contributed by atoms with Crippen LogP contribution in [0.2, 0.25) is 0 Å². The topological polar surface area (TPSA) is 0 Å². The zero-order valence-corrected chi connectivity index (χ0v) is 11.7. The second-order valence-corrected chi connectivity index (χ2v) is 7.40. The van der Waals surface area contributed by atoms with E-state index in [-0.39, 0.29) is 0 Å². The van der Waals surface area contributed by atoms with Gasteiger partial charge in [0.1, 0.15) is 0 Å². The third-order valence-electron chi connectivity index (χ3n) is 2.37. The van der Waals surface area contributed by atoms with Gasteiger partial charge in [0.05, 0.1) is 3.42 Å². The molecule has 1 aromatic heterocycles. The van der Waals surface area contributed by atoms with Crippen LogP contribution >= 0.6 is 33.9 Å².